The summed E-state index contributed by atoms with van der Waals surface area (Å²) in [5, 5.41) is 0. The molecule has 2 aromatic rings. The van der Waals surface area contributed by atoms with Crippen LogP contribution in [0, 0.1) is 0 Å². The number of halogens is 3. The van der Waals surface area contributed by atoms with E-state index in [1.807, 2.05) is 0 Å². The fourth-order valence-electron chi connectivity index (χ4n) is 1.79. The van der Waals surface area contributed by atoms with Crippen molar-refractivity contribution in [3.05, 3.63) is 59.3 Å². The molecule has 0 saturated carbocycles. The highest BCUT2D eigenvalue weighted by Gasteiger charge is 2.30. The molecule has 0 fully saturated rings. The van der Waals surface area contributed by atoms with E-state index in [0.717, 1.165) is 12.1 Å². The quantitative estimate of drug-likeness (QED) is 0.879. The van der Waals surface area contributed by atoms with Gasteiger partial charge in [-0.25, -0.2) is 4.98 Å². The number of nitrogens with two attached hydrogens (primary N) is 1. The first-order valence-corrected chi connectivity index (χ1v) is 5.78. The number of alkyl halides is 3. The number of hydrogen-bond acceptors (Lipinski definition) is 3. The molecule has 0 aliphatic heterocycles. The Labute approximate surface area is 113 Å². The van der Waals surface area contributed by atoms with Crippen molar-refractivity contribution >= 4 is 11.6 Å². The van der Waals surface area contributed by atoms with Gasteiger partial charge in [0.15, 0.2) is 5.78 Å². The van der Waals surface area contributed by atoms with Gasteiger partial charge in [-0.05, 0) is 23.8 Å². The zero-order valence-corrected chi connectivity index (χ0v) is 10.3. The van der Waals surface area contributed by atoms with Crippen LogP contribution in [-0.2, 0) is 12.6 Å². The second kappa shape index (κ2) is 5.32. The molecule has 1 aromatic carbocycles. The maximum absolute atomic E-state index is 12.6. The SMILES string of the molecule is Nc1ncccc1C(=O)Cc1cccc(C(F)(F)F)c1. The van der Waals surface area contributed by atoms with Gasteiger partial charge in [-0.15, -0.1) is 0 Å². The van der Waals surface area contributed by atoms with Gasteiger partial charge < -0.3 is 5.73 Å². The highest BCUT2D eigenvalue weighted by molar-refractivity contribution is 6.01. The number of benzene rings is 1. The fraction of sp³-hybridized carbons (Fsp3) is 0.143. The molecule has 0 atom stereocenters. The molecule has 0 amide bonds. The number of aromatic nitrogens is 1. The summed E-state index contributed by atoms with van der Waals surface area (Å²) in [4.78, 5) is 15.8. The van der Waals surface area contributed by atoms with Gasteiger partial charge in [0.1, 0.15) is 5.82 Å². The van der Waals surface area contributed by atoms with Crippen molar-refractivity contribution in [2.24, 2.45) is 0 Å². The number of ketones is 1. The third-order valence-corrected chi connectivity index (χ3v) is 2.76. The van der Waals surface area contributed by atoms with Gasteiger partial charge >= 0.3 is 6.18 Å². The van der Waals surface area contributed by atoms with Crippen LogP contribution < -0.4 is 5.73 Å². The Morgan fingerprint density at radius 1 is 1.20 bits per heavy atom. The van der Waals surface area contributed by atoms with Gasteiger partial charge in [-0.3, -0.25) is 4.79 Å². The van der Waals surface area contributed by atoms with E-state index in [-0.39, 0.29) is 29.1 Å². The van der Waals surface area contributed by atoms with Gasteiger partial charge in [0.05, 0.1) is 11.1 Å². The van der Waals surface area contributed by atoms with Crippen molar-refractivity contribution in [1.82, 2.24) is 4.98 Å². The first-order valence-electron chi connectivity index (χ1n) is 5.78. The summed E-state index contributed by atoms with van der Waals surface area (Å²) in [6.07, 6.45) is -3.14. The van der Waals surface area contributed by atoms with Crippen LogP contribution in [0.5, 0.6) is 0 Å². The van der Waals surface area contributed by atoms with E-state index < -0.39 is 11.7 Å². The zero-order chi connectivity index (χ0) is 14.8. The molecule has 104 valence electrons. The van der Waals surface area contributed by atoms with Gasteiger partial charge in [0, 0.05) is 12.6 Å². The molecule has 2 N–H and O–H groups in total. The van der Waals surface area contributed by atoms with E-state index in [4.69, 9.17) is 5.73 Å². The maximum atomic E-state index is 12.6. The van der Waals surface area contributed by atoms with Crippen molar-refractivity contribution in [3.63, 3.8) is 0 Å². The third-order valence-electron chi connectivity index (χ3n) is 2.76. The smallest absolute Gasteiger partial charge is 0.383 e. The number of hydrogen-bond donors (Lipinski definition) is 1. The summed E-state index contributed by atoms with van der Waals surface area (Å²) in [5.74, 6) is -0.292. The summed E-state index contributed by atoms with van der Waals surface area (Å²) in [6, 6.07) is 7.72. The Balaban J connectivity index is 2.23. The lowest BCUT2D eigenvalue weighted by Crippen LogP contribution is -2.10. The molecule has 1 aromatic heterocycles. The van der Waals surface area contributed by atoms with E-state index in [0.29, 0.717) is 0 Å². The lowest BCUT2D eigenvalue weighted by molar-refractivity contribution is -0.137. The molecular weight excluding hydrogens is 269 g/mol. The summed E-state index contributed by atoms with van der Waals surface area (Å²) in [5.41, 5.74) is 5.28. The molecule has 2 rings (SSSR count). The maximum Gasteiger partial charge on any atom is 0.416 e. The number of anilines is 1. The number of carbonyl (C=O) groups is 1. The minimum absolute atomic E-state index is 0.0736. The number of carbonyl (C=O) groups excluding carboxylic acids is 1. The van der Waals surface area contributed by atoms with Crippen LogP contribution in [0.1, 0.15) is 21.5 Å². The van der Waals surface area contributed by atoms with E-state index in [1.165, 1.54) is 24.4 Å². The highest BCUT2D eigenvalue weighted by atomic mass is 19.4. The standard InChI is InChI=1S/C14H11F3N2O/c15-14(16,17)10-4-1-3-9(7-10)8-12(20)11-5-2-6-19-13(11)18/h1-7H,8H2,(H2,18,19). The topological polar surface area (TPSA) is 56.0 Å². The Morgan fingerprint density at radius 2 is 1.95 bits per heavy atom. The van der Waals surface area contributed by atoms with Gasteiger partial charge in [0.2, 0.25) is 0 Å². The molecule has 0 spiro atoms. The average Bonchev–Trinajstić information content (AvgIpc) is 2.38. The lowest BCUT2D eigenvalue weighted by Gasteiger charge is -2.08. The van der Waals surface area contributed by atoms with Crippen LogP contribution in [0.15, 0.2) is 42.6 Å². The molecule has 0 aliphatic carbocycles. The molecule has 0 bridgehead atoms. The predicted octanol–water partition coefficient (Wildman–Crippen LogP) is 3.11. The Hall–Kier alpha value is -2.37. The van der Waals surface area contributed by atoms with Gasteiger partial charge in [0.25, 0.3) is 0 Å². The summed E-state index contributed by atoms with van der Waals surface area (Å²) in [7, 11) is 0. The van der Waals surface area contributed by atoms with E-state index in [1.54, 1.807) is 6.07 Å². The predicted molar refractivity (Wildman–Crippen MR) is 68.1 cm³/mol. The Bertz CT molecular complexity index is 638. The molecule has 0 saturated heterocycles. The van der Waals surface area contributed by atoms with Crippen LogP contribution in [-0.4, -0.2) is 10.8 Å². The van der Waals surface area contributed by atoms with E-state index in [9.17, 15) is 18.0 Å². The lowest BCUT2D eigenvalue weighted by atomic mass is 10.0. The van der Waals surface area contributed by atoms with Crippen molar-refractivity contribution in [1.29, 1.82) is 0 Å². The molecule has 3 nitrogen and oxygen atoms in total. The Kier molecular flexibility index (Phi) is 3.74. The molecule has 0 radical (unpaired) electrons. The average molecular weight is 280 g/mol. The zero-order valence-electron chi connectivity index (χ0n) is 10.3. The monoisotopic (exact) mass is 280 g/mol. The summed E-state index contributed by atoms with van der Waals surface area (Å²) >= 11 is 0. The molecule has 0 unspecified atom stereocenters. The van der Waals surface area contributed by atoms with Crippen LogP contribution in [0.25, 0.3) is 0 Å². The van der Waals surface area contributed by atoms with E-state index >= 15 is 0 Å². The van der Waals surface area contributed by atoms with E-state index in [2.05, 4.69) is 4.98 Å². The van der Waals surface area contributed by atoms with Crippen LogP contribution in [0.4, 0.5) is 19.0 Å². The van der Waals surface area contributed by atoms with Crippen molar-refractivity contribution < 1.29 is 18.0 Å². The first kappa shape index (κ1) is 14.0. The first-order chi connectivity index (χ1) is 9.38. The second-order valence-corrected chi connectivity index (χ2v) is 4.23. The van der Waals surface area contributed by atoms with Crippen LogP contribution in [0.2, 0.25) is 0 Å². The van der Waals surface area contributed by atoms with Crippen LogP contribution in [0.3, 0.4) is 0 Å². The van der Waals surface area contributed by atoms with Crippen LogP contribution >= 0.6 is 0 Å². The highest BCUT2D eigenvalue weighted by Crippen LogP contribution is 2.29. The third kappa shape index (κ3) is 3.14. The summed E-state index contributed by atoms with van der Waals surface area (Å²) in [6.45, 7) is 0. The molecule has 20 heavy (non-hydrogen) atoms. The Morgan fingerprint density at radius 3 is 2.60 bits per heavy atom. The van der Waals surface area contributed by atoms with Gasteiger partial charge in [-0.2, -0.15) is 13.2 Å². The summed E-state index contributed by atoms with van der Waals surface area (Å²) < 4.78 is 37.7. The second-order valence-electron chi connectivity index (χ2n) is 4.23. The number of Topliss-reactive ketones (excluding diaryl/α,β-unsaturated/α-hetero) is 1. The fourth-order valence-corrected chi connectivity index (χ4v) is 1.79. The minimum Gasteiger partial charge on any atom is -0.383 e. The molecular formula is C14H11F3N2O. The molecule has 1 heterocycles. The van der Waals surface area contributed by atoms with Crippen molar-refractivity contribution in [2.45, 2.75) is 12.6 Å². The number of pyridine rings is 1. The number of nitrogens with zero attached hydrogens (tertiary/aromatic N) is 1. The normalized spacial score (nSPS) is 11.3. The van der Waals surface area contributed by atoms with Crippen molar-refractivity contribution in [3.8, 4) is 0 Å². The minimum atomic E-state index is -4.42. The molecule has 6 heteroatoms. The molecule has 0 aliphatic rings. The van der Waals surface area contributed by atoms with Gasteiger partial charge in [-0.1, -0.05) is 18.2 Å². The number of nitrogen functional groups attached to an aromatic ring is 1. The van der Waals surface area contributed by atoms with Crippen molar-refractivity contribution in [2.75, 3.05) is 5.73 Å². The number of rotatable bonds is 3. The largest absolute Gasteiger partial charge is 0.416 e.